The van der Waals surface area contributed by atoms with Crippen LogP contribution in [-0.4, -0.2) is 38.5 Å². The maximum absolute atomic E-state index is 11.5. The molecule has 0 saturated carbocycles. The van der Waals surface area contributed by atoms with Crippen molar-refractivity contribution in [3.8, 4) is 11.5 Å². The lowest BCUT2D eigenvalue weighted by atomic mass is 10.2. The highest BCUT2D eigenvalue weighted by molar-refractivity contribution is 5.85. The van der Waals surface area contributed by atoms with E-state index in [1.54, 1.807) is 0 Å². The number of urea groups is 1. The summed E-state index contributed by atoms with van der Waals surface area (Å²) in [5.41, 5.74) is 3.57. The number of amides is 2. The van der Waals surface area contributed by atoms with E-state index < -0.39 is 38.8 Å². The Morgan fingerprint density at radius 1 is 0.857 bits per heavy atom. The van der Waals surface area contributed by atoms with Crippen LogP contribution < -0.4 is 10.9 Å². The van der Waals surface area contributed by atoms with Gasteiger partial charge in [0.25, 0.3) is 0 Å². The number of nitrogens with one attached hydrogen (secondary N) is 2. The molecule has 0 bridgehead atoms. The Balaban J connectivity index is 1.93. The summed E-state index contributed by atoms with van der Waals surface area (Å²) in [4.78, 5) is 31.4. The largest absolute Gasteiger partial charge is 0.502 e. The predicted octanol–water partition coefficient (Wildman–Crippen LogP) is 1.58. The van der Waals surface area contributed by atoms with Crippen molar-refractivity contribution in [2.24, 2.45) is 10.2 Å². The van der Waals surface area contributed by atoms with Crippen LogP contribution in [0.5, 0.6) is 11.5 Å². The first-order valence-corrected chi connectivity index (χ1v) is 7.35. The summed E-state index contributed by atoms with van der Waals surface area (Å²) in [6.45, 7) is 0. The lowest BCUT2D eigenvalue weighted by molar-refractivity contribution is -0.386. The van der Waals surface area contributed by atoms with Gasteiger partial charge in [-0.1, -0.05) is 0 Å². The van der Waals surface area contributed by atoms with Crippen molar-refractivity contribution in [2.75, 3.05) is 0 Å². The summed E-state index contributed by atoms with van der Waals surface area (Å²) in [5, 5.41) is 47.2. The molecule has 0 unspecified atom stereocenters. The molecule has 13 nitrogen and oxygen atoms in total. The van der Waals surface area contributed by atoms with Crippen LogP contribution in [0.1, 0.15) is 11.1 Å². The number of phenolic OH excluding ortho intramolecular Hbond substituents is 2. The SMILES string of the molecule is O=C(N/N=C/c1ccc(O)c([N+](=O)[O-])c1)N/N=C/c1ccc(O)c([N+](=O)[O-])c1. The topological polar surface area (TPSA) is 193 Å². The van der Waals surface area contributed by atoms with Gasteiger partial charge in [-0.3, -0.25) is 20.2 Å². The van der Waals surface area contributed by atoms with Gasteiger partial charge >= 0.3 is 17.4 Å². The third-order valence-electron chi connectivity index (χ3n) is 3.15. The van der Waals surface area contributed by atoms with Crippen LogP contribution in [0, 0.1) is 20.2 Å². The fourth-order valence-electron chi connectivity index (χ4n) is 1.89. The van der Waals surface area contributed by atoms with Gasteiger partial charge in [-0.15, -0.1) is 0 Å². The summed E-state index contributed by atoms with van der Waals surface area (Å²) in [5.74, 6) is -1.01. The summed E-state index contributed by atoms with van der Waals surface area (Å²) < 4.78 is 0. The number of nitrogens with zero attached hydrogens (tertiary/aromatic N) is 4. The molecule has 0 aromatic heterocycles. The van der Waals surface area contributed by atoms with Gasteiger partial charge in [0, 0.05) is 23.3 Å². The number of rotatable bonds is 6. The van der Waals surface area contributed by atoms with Gasteiger partial charge in [0.05, 0.1) is 22.3 Å². The molecular formula is C15H12N6O7. The summed E-state index contributed by atoms with van der Waals surface area (Å²) in [6.07, 6.45) is 2.22. The Kier molecular flexibility index (Phi) is 6.15. The molecule has 4 N–H and O–H groups in total. The number of nitro benzene ring substituents is 2. The molecule has 0 radical (unpaired) electrons. The maximum Gasteiger partial charge on any atom is 0.355 e. The highest BCUT2D eigenvalue weighted by atomic mass is 16.6. The molecular weight excluding hydrogens is 376 g/mol. The Bertz CT molecular complexity index is 911. The van der Waals surface area contributed by atoms with Crippen LogP contribution in [0.25, 0.3) is 0 Å². The molecule has 0 saturated heterocycles. The third-order valence-corrected chi connectivity index (χ3v) is 3.15. The molecule has 2 aromatic carbocycles. The Labute approximate surface area is 155 Å². The highest BCUT2D eigenvalue weighted by Gasteiger charge is 2.13. The number of nitro groups is 2. The summed E-state index contributed by atoms with van der Waals surface area (Å²) in [7, 11) is 0. The van der Waals surface area contributed by atoms with E-state index in [0.717, 1.165) is 36.7 Å². The number of carbonyl (C=O) groups is 1. The lowest BCUT2D eigenvalue weighted by Gasteiger charge is -2.00. The number of benzene rings is 2. The van der Waals surface area contributed by atoms with E-state index in [0.29, 0.717) is 0 Å². The molecule has 2 rings (SSSR count). The predicted molar refractivity (Wildman–Crippen MR) is 96.4 cm³/mol. The molecule has 0 aliphatic heterocycles. The molecule has 2 aromatic rings. The first-order chi connectivity index (χ1) is 13.3. The van der Waals surface area contributed by atoms with Crippen molar-refractivity contribution in [2.45, 2.75) is 0 Å². The van der Waals surface area contributed by atoms with Crippen molar-refractivity contribution in [3.63, 3.8) is 0 Å². The standard InChI is InChI=1S/C15H12N6O7/c22-13-3-1-9(5-11(13)20(25)26)7-16-18-15(24)19-17-8-10-2-4-14(23)12(6-10)21(27)28/h1-8,22-23H,(H2,18,19,24)/b16-7+,17-8+. The molecule has 144 valence electrons. The van der Waals surface area contributed by atoms with E-state index in [-0.39, 0.29) is 11.1 Å². The van der Waals surface area contributed by atoms with Crippen molar-refractivity contribution >= 4 is 29.8 Å². The maximum atomic E-state index is 11.5. The zero-order valence-corrected chi connectivity index (χ0v) is 13.8. The monoisotopic (exact) mass is 388 g/mol. The van der Waals surface area contributed by atoms with Gasteiger partial charge in [0.15, 0.2) is 11.5 Å². The molecule has 0 aliphatic rings. The molecule has 0 aliphatic carbocycles. The molecule has 28 heavy (non-hydrogen) atoms. The third kappa shape index (κ3) is 5.22. The molecule has 0 atom stereocenters. The second-order valence-electron chi connectivity index (χ2n) is 5.08. The first-order valence-electron chi connectivity index (χ1n) is 7.35. The first kappa shape index (κ1) is 19.8. The Hall–Kier alpha value is -4.55. The normalized spacial score (nSPS) is 10.9. The van der Waals surface area contributed by atoms with Crippen molar-refractivity contribution < 1.29 is 24.9 Å². The number of hydrazone groups is 2. The van der Waals surface area contributed by atoms with Gasteiger partial charge < -0.3 is 10.2 Å². The average molecular weight is 388 g/mol. The van der Waals surface area contributed by atoms with Crippen LogP contribution in [0.2, 0.25) is 0 Å². The average Bonchev–Trinajstić information content (AvgIpc) is 2.64. The van der Waals surface area contributed by atoms with Crippen molar-refractivity contribution in [1.82, 2.24) is 10.9 Å². The molecule has 0 fully saturated rings. The quantitative estimate of drug-likeness (QED) is 0.327. The second kappa shape index (κ2) is 8.70. The van der Waals surface area contributed by atoms with E-state index in [9.17, 15) is 35.2 Å². The fraction of sp³-hybridized carbons (Fsp3) is 0. The lowest BCUT2D eigenvalue weighted by Crippen LogP contribution is -2.28. The highest BCUT2D eigenvalue weighted by Crippen LogP contribution is 2.26. The van der Waals surface area contributed by atoms with E-state index in [1.807, 2.05) is 10.9 Å². The summed E-state index contributed by atoms with van der Waals surface area (Å²) in [6, 6.07) is 6.20. The van der Waals surface area contributed by atoms with Crippen molar-refractivity contribution in [3.05, 3.63) is 67.8 Å². The molecule has 2 amide bonds. The van der Waals surface area contributed by atoms with E-state index in [1.165, 1.54) is 12.1 Å². The number of aromatic hydroxyl groups is 2. The zero-order valence-electron chi connectivity index (χ0n) is 13.8. The molecule has 0 heterocycles. The van der Waals surface area contributed by atoms with Gasteiger partial charge in [-0.05, 0) is 24.3 Å². The van der Waals surface area contributed by atoms with Crippen LogP contribution >= 0.6 is 0 Å². The Morgan fingerprint density at radius 2 is 1.25 bits per heavy atom. The minimum atomic E-state index is -0.853. The van der Waals surface area contributed by atoms with E-state index in [2.05, 4.69) is 10.2 Å². The van der Waals surface area contributed by atoms with Gasteiger partial charge in [0.2, 0.25) is 0 Å². The minimum absolute atomic E-state index is 0.254. The molecule has 13 heteroatoms. The van der Waals surface area contributed by atoms with Gasteiger partial charge in [-0.25, -0.2) is 15.6 Å². The van der Waals surface area contributed by atoms with Crippen LogP contribution in [-0.2, 0) is 0 Å². The van der Waals surface area contributed by atoms with E-state index in [4.69, 9.17) is 0 Å². The van der Waals surface area contributed by atoms with Gasteiger partial charge in [-0.2, -0.15) is 10.2 Å². The number of carbonyl (C=O) groups excluding carboxylic acids is 1. The van der Waals surface area contributed by atoms with Crippen LogP contribution in [0.3, 0.4) is 0 Å². The molecule has 0 spiro atoms. The fourth-order valence-corrected chi connectivity index (χ4v) is 1.89. The van der Waals surface area contributed by atoms with Crippen LogP contribution in [0.15, 0.2) is 46.6 Å². The number of hydrogen-bond acceptors (Lipinski definition) is 9. The number of hydrogen-bond donors (Lipinski definition) is 4. The van der Waals surface area contributed by atoms with Crippen molar-refractivity contribution in [1.29, 1.82) is 0 Å². The van der Waals surface area contributed by atoms with Gasteiger partial charge in [0.1, 0.15) is 0 Å². The Morgan fingerprint density at radius 3 is 1.61 bits per heavy atom. The number of phenols is 2. The van der Waals surface area contributed by atoms with E-state index >= 15 is 0 Å². The van der Waals surface area contributed by atoms with Crippen LogP contribution in [0.4, 0.5) is 16.2 Å². The summed E-state index contributed by atoms with van der Waals surface area (Å²) >= 11 is 0. The smallest absolute Gasteiger partial charge is 0.355 e. The zero-order chi connectivity index (χ0) is 20.7. The second-order valence-corrected chi connectivity index (χ2v) is 5.08. The minimum Gasteiger partial charge on any atom is -0.502 e.